The van der Waals surface area contributed by atoms with Crippen molar-refractivity contribution in [3.8, 4) is 11.3 Å². The third kappa shape index (κ3) is 3.26. The molecule has 8 heteroatoms. The highest BCUT2D eigenvalue weighted by atomic mass is 35.5. The van der Waals surface area contributed by atoms with Crippen molar-refractivity contribution in [3.05, 3.63) is 36.1 Å². The van der Waals surface area contributed by atoms with Crippen LogP contribution < -0.4 is 5.43 Å². The molecule has 4 heterocycles. The van der Waals surface area contributed by atoms with Crippen LogP contribution in [0.15, 0.2) is 28.9 Å². The van der Waals surface area contributed by atoms with E-state index in [0.717, 1.165) is 37.3 Å². The molecule has 2 aromatic rings. The van der Waals surface area contributed by atoms with Crippen LogP contribution in [-0.2, 0) is 0 Å². The van der Waals surface area contributed by atoms with Gasteiger partial charge in [-0.3, -0.25) is 15.2 Å². The summed E-state index contributed by atoms with van der Waals surface area (Å²) < 4.78 is 5.65. The molecule has 2 fully saturated rings. The van der Waals surface area contributed by atoms with E-state index >= 15 is 0 Å². The van der Waals surface area contributed by atoms with Crippen molar-refractivity contribution in [2.24, 2.45) is 5.92 Å². The largest absolute Gasteiger partial charge is 0.434 e. The maximum atomic E-state index is 11.0. The summed E-state index contributed by atoms with van der Waals surface area (Å²) in [5.74, 6) is 1.66. The van der Waals surface area contributed by atoms with E-state index in [-0.39, 0.29) is 36.6 Å². The van der Waals surface area contributed by atoms with E-state index in [0.29, 0.717) is 18.0 Å². The van der Waals surface area contributed by atoms with E-state index < -0.39 is 0 Å². The average molecular weight is 357 g/mol. The molecule has 4 rings (SSSR count). The highest BCUT2D eigenvalue weighted by molar-refractivity contribution is 5.85. The molecule has 2 aliphatic rings. The lowest BCUT2D eigenvalue weighted by atomic mass is 9.86. The van der Waals surface area contributed by atoms with Gasteiger partial charge < -0.3 is 4.42 Å². The minimum Gasteiger partial charge on any atom is -0.434 e. The summed E-state index contributed by atoms with van der Waals surface area (Å²) in [5, 5.41) is 2.26. The van der Waals surface area contributed by atoms with Crippen molar-refractivity contribution in [2.75, 3.05) is 19.6 Å². The molecule has 0 radical (unpaired) electrons. The molecule has 0 spiro atoms. The number of hydrogen-bond donors (Lipinski definition) is 1. The van der Waals surface area contributed by atoms with Crippen LogP contribution in [0, 0.1) is 5.92 Å². The Morgan fingerprint density at radius 1 is 1.39 bits per heavy atom. The molecular weight excluding hydrogens is 339 g/mol. The van der Waals surface area contributed by atoms with E-state index in [1.165, 1.54) is 0 Å². The Balaban J connectivity index is 0.000000960. The number of rotatable bonds is 3. The van der Waals surface area contributed by atoms with Crippen LogP contribution in [0.3, 0.4) is 0 Å². The van der Waals surface area contributed by atoms with Crippen LogP contribution in [-0.4, -0.2) is 40.9 Å². The van der Waals surface area contributed by atoms with Crippen LogP contribution in [0.5, 0.6) is 0 Å². The summed E-state index contributed by atoms with van der Waals surface area (Å²) in [6.45, 7) is 2.94. The highest BCUT2D eigenvalue weighted by Crippen LogP contribution is 2.38. The lowest BCUT2D eigenvalue weighted by molar-refractivity contribution is 0.109. The predicted octanol–water partition coefficient (Wildman–Crippen LogP) is 2.32. The van der Waals surface area contributed by atoms with Crippen LogP contribution in [0.25, 0.3) is 11.3 Å². The first-order chi connectivity index (χ1) is 10.3. The van der Waals surface area contributed by atoms with Crippen molar-refractivity contribution < 1.29 is 9.21 Å². The number of aldehydes is 1. The first kappa shape index (κ1) is 17.9. The molecule has 2 bridgehead atoms. The number of pyridine rings is 1. The minimum atomic E-state index is 0. The van der Waals surface area contributed by atoms with Gasteiger partial charge in [0.25, 0.3) is 5.89 Å². The molecule has 1 N–H and O–H groups in total. The number of hydrogen-bond acceptors (Lipinski definition) is 6. The Bertz CT molecular complexity index is 665. The summed E-state index contributed by atoms with van der Waals surface area (Å²) in [7, 11) is 0. The number of carbonyl (C=O) groups is 1. The second-order valence-corrected chi connectivity index (χ2v) is 5.59. The van der Waals surface area contributed by atoms with Gasteiger partial charge in [-0.1, -0.05) is 0 Å². The third-order valence-corrected chi connectivity index (χ3v) is 4.37. The highest BCUT2D eigenvalue weighted by Gasteiger charge is 2.38. The molecule has 0 amide bonds. The van der Waals surface area contributed by atoms with Gasteiger partial charge in [-0.2, -0.15) is 0 Å². The van der Waals surface area contributed by atoms with Gasteiger partial charge in [-0.05, 0) is 24.5 Å². The Labute approximate surface area is 146 Å². The molecule has 3 unspecified atom stereocenters. The summed E-state index contributed by atoms with van der Waals surface area (Å²) in [6, 6.07) is 3.79. The molecule has 23 heavy (non-hydrogen) atoms. The standard InChI is InChI=1S/C15H16N4O2.2ClH/c20-9-13-18-14(12-7-17-19-5-3-11(12)8-19)15(21-13)10-2-1-4-16-6-10;;/h1-2,4,6,9,11-12,17H,3,5,7-8H2;2*1H. The monoisotopic (exact) mass is 356 g/mol. The number of hydrazine groups is 1. The van der Waals surface area contributed by atoms with Gasteiger partial charge in [0.2, 0.25) is 6.29 Å². The first-order valence-corrected chi connectivity index (χ1v) is 7.20. The first-order valence-electron chi connectivity index (χ1n) is 7.20. The number of aromatic nitrogens is 2. The maximum absolute atomic E-state index is 11.0. The number of nitrogens with one attached hydrogen (secondary N) is 1. The number of fused-ring (bicyclic) bond motifs is 2. The van der Waals surface area contributed by atoms with E-state index in [4.69, 9.17) is 4.42 Å². The summed E-state index contributed by atoms with van der Waals surface area (Å²) in [4.78, 5) is 19.6. The zero-order chi connectivity index (χ0) is 14.2. The number of nitrogens with zero attached hydrogens (tertiary/aromatic N) is 3. The summed E-state index contributed by atoms with van der Waals surface area (Å²) >= 11 is 0. The maximum Gasteiger partial charge on any atom is 0.260 e. The molecule has 0 aromatic carbocycles. The van der Waals surface area contributed by atoms with Crippen LogP contribution >= 0.6 is 24.8 Å². The van der Waals surface area contributed by atoms with Crippen LogP contribution in [0.4, 0.5) is 0 Å². The Morgan fingerprint density at radius 2 is 2.26 bits per heavy atom. The lowest BCUT2D eigenvalue weighted by Gasteiger charge is -2.30. The van der Waals surface area contributed by atoms with Gasteiger partial charge >= 0.3 is 0 Å². The SMILES string of the molecule is Cl.Cl.O=Cc1nc(C2CNN3CCC2C3)c(-c2cccnc2)o1. The van der Waals surface area contributed by atoms with E-state index in [9.17, 15) is 4.79 Å². The Morgan fingerprint density at radius 3 is 3.00 bits per heavy atom. The molecule has 6 nitrogen and oxygen atoms in total. The van der Waals surface area contributed by atoms with Gasteiger partial charge in [-0.25, -0.2) is 9.99 Å². The second kappa shape index (κ2) is 7.40. The van der Waals surface area contributed by atoms with Crippen molar-refractivity contribution >= 4 is 31.1 Å². The molecule has 3 atom stereocenters. The van der Waals surface area contributed by atoms with Crippen molar-refractivity contribution in [3.63, 3.8) is 0 Å². The normalized spacial score (nSPS) is 25.3. The Kier molecular flexibility index (Phi) is 5.75. The van der Waals surface area contributed by atoms with Gasteiger partial charge in [0, 0.05) is 43.5 Å². The van der Waals surface area contributed by atoms with E-state index in [1.807, 2.05) is 12.1 Å². The van der Waals surface area contributed by atoms with Gasteiger partial charge in [0.1, 0.15) is 0 Å². The molecule has 124 valence electrons. The van der Waals surface area contributed by atoms with E-state index in [1.54, 1.807) is 12.4 Å². The van der Waals surface area contributed by atoms with Crippen molar-refractivity contribution in [1.29, 1.82) is 0 Å². The van der Waals surface area contributed by atoms with Crippen LogP contribution in [0.2, 0.25) is 0 Å². The quantitative estimate of drug-likeness (QED) is 0.850. The third-order valence-electron chi connectivity index (χ3n) is 4.37. The predicted molar refractivity (Wildman–Crippen MR) is 90.0 cm³/mol. The topological polar surface area (TPSA) is 71.3 Å². The molecule has 2 aromatic heterocycles. The van der Waals surface area contributed by atoms with Crippen molar-refractivity contribution in [1.82, 2.24) is 20.4 Å². The fourth-order valence-electron chi connectivity index (χ4n) is 3.33. The number of halogens is 2. The lowest BCUT2D eigenvalue weighted by Crippen LogP contribution is -2.44. The molecule has 2 aliphatic heterocycles. The minimum absolute atomic E-state index is 0. The fraction of sp³-hybridized carbons (Fsp3) is 0.400. The fourth-order valence-corrected chi connectivity index (χ4v) is 3.33. The smallest absolute Gasteiger partial charge is 0.260 e. The van der Waals surface area contributed by atoms with E-state index in [2.05, 4.69) is 20.4 Å². The second-order valence-electron chi connectivity index (χ2n) is 5.59. The average Bonchev–Trinajstić information content (AvgIpc) is 3.13. The zero-order valence-corrected chi connectivity index (χ0v) is 14.0. The molecule has 0 aliphatic carbocycles. The van der Waals surface area contributed by atoms with Gasteiger partial charge in [-0.15, -0.1) is 24.8 Å². The van der Waals surface area contributed by atoms with Crippen LogP contribution in [0.1, 0.15) is 28.7 Å². The van der Waals surface area contributed by atoms with Gasteiger partial charge in [0.05, 0.1) is 5.69 Å². The number of oxazole rings is 1. The summed E-state index contributed by atoms with van der Waals surface area (Å²) in [6.07, 6.45) is 5.28. The zero-order valence-electron chi connectivity index (χ0n) is 12.3. The van der Waals surface area contributed by atoms with Gasteiger partial charge in [0.15, 0.2) is 5.76 Å². The molecular formula is C15H18Cl2N4O2. The van der Waals surface area contributed by atoms with Crippen molar-refractivity contribution in [2.45, 2.75) is 12.3 Å². The molecule has 2 saturated heterocycles. The number of carbonyl (C=O) groups excluding carboxylic acids is 1. The Hall–Kier alpha value is -1.47. The summed E-state index contributed by atoms with van der Waals surface area (Å²) in [5.41, 5.74) is 5.16. The molecule has 0 saturated carbocycles.